The number of piperidine rings is 1. The Bertz CT molecular complexity index is 1090. The number of hydrogen-bond donors (Lipinski definition) is 3. The van der Waals surface area contributed by atoms with E-state index in [1.54, 1.807) is 12.1 Å². The van der Waals surface area contributed by atoms with Gasteiger partial charge in [0.2, 0.25) is 0 Å². The van der Waals surface area contributed by atoms with Crippen LogP contribution in [-0.4, -0.2) is 46.4 Å². The van der Waals surface area contributed by atoms with Crippen LogP contribution in [0, 0.1) is 16.0 Å². The fourth-order valence-electron chi connectivity index (χ4n) is 4.07. The van der Waals surface area contributed by atoms with Gasteiger partial charge in [-0.15, -0.1) is 0 Å². The molecule has 13 heteroatoms. The highest BCUT2D eigenvalue weighted by atomic mass is 16.6. The van der Waals surface area contributed by atoms with Crippen molar-refractivity contribution in [1.29, 1.82) is 0 Å². The van der Waals surface area contributed by atoms with Crippen molar-refractivity contribution in [2.75, 3.05) is 13.1 Å². The lowest BCUT2D eigenvalue weighted by molar-refractivity contribution is -0.387. The third kappa shape index (κ3) is 5.09. The maximum absolute atomic E-state index is 11.9. The third-order valence-corrected chi connectivity index (χ3v) is 5.73. The van der Waals surface area contributed by atoms with E-state index < -0.39 is 34.7 Å². The number of nitrogens with one attached hydrogen (secondary N) is 3. The van der Waals surface area contributed by atoms with E-state index in [9.17, 15) is 24.5 Å². The minimum absolute atomic E-state index is 0.0393. The number of urea groups is 1. The van der Waals surface area contributed by atoms with Crippen molar-refractivity contribution in [3.05, 3.63) is 52.0 Å². The zero-order valence-corrected chi connectivity index (χ0v) is 17.9. The largest absolute Gasteiger partial charge is 0.458 e. The van der Waals surface area contributed by atoms with Crippen LogP contribution in [0.25, 0.3) is 0 Å². The van der Waals surface area contributed by atoms with Gasteiger partial charge in [-0.25, -0.2) is 9.78 Å². The van der Waals surface area contributed by atoms with Crippen molar-refractivity contribution >= 4 is 24.1 Å². The smallest absolute Gasteiger partial charge is 0.356 e. The fraction of sp³-hybridized carbons (Fsp3) is 0.381. The Hall–Kier alpha value is -4.13. The molecule has 0 aliphatic carbocycles. The summed E-state index contributed by atoms with van der Waals surface area (Å²) in [6.45, 7) is 1.90. The first-order valence-corrected chi connectivity index (χ1v) is 10.6. The molecule has 2 atom stereocenters. The Morgan fingerprint density at radius 2 is 1.91 bits per heavy atom. The lowest BCUT2D eigenvalue weighted by Crippen LogP contribution is -2.29. The molecule has 2 fully saturated rings. The van der Waals surface area contributed by atoms with E-state index in [4.69, 9.17) is 9.47 Å². The molecule has 2 aliphatic rings. The first kappa shape index (κ1) is 23.0. The summed E-state index contributed by atoms with van der Waals surface area (Å²) in [7, 11) is 0. The number of aromatic nitrogens is 2. The maximum Gasteiger partial charge on any atom is 0.356 e. The van der Waals surface area contributed by atoms with Gasteiger partial charge in [0.15, 0.2) is 11.8 Å². The molecule has 13 nitrogen and oxygen atoms in total. The highest BCUT2D eigenvalue weighted by molar-refractivity contribution is 6.04. The molecule has 0 spiro atoms. The van der Waals surface area contributed by atoms with Gasteiger partial charge in [0.1, 0.15) is 18.1 Å². The molecular formula is C21H22N6O7. The highest BCUT2D eigenvalue weighted by Gasteiger charge is 2.34. The number of nitrogens with zero attached hydrogens (tertiary/aromatic N) is 3. The van der Waals surface area contributed by atoms with Gasteiger partial charge in [-0.05, 0) is 56.0 Å². The van der Waals surface area contributed by atoms with Gasteiger partial charge in [0, 0.05) is 0 Å². The van der Waals surface area contributed by atoms with Crippen LogP contribution in [0.15, 0.2) is 30.6 Å². The Morgan fingerprint density at radius 3 is 2.53 bits per heavy atom. The first-order chi connectivity index (χ1) is 16.5. The molecule has 3 amide bonds. The molecule has 0 radical (unpaired) electrons. The van der Waals surface area contributed by atoms with Crippen molar-refractivity contribution in [1.82, 2.24) is 25.9 Å². The molecule has 2 saturated heterocycles. The molecule has 2 aromatic rings. The topological polar surface area (TPSA) is 175 Å². The minimum Gasteiger partial charge on any atom is -0.458 e. The predicted molar refractivity (Wildman–Crippen MR) is 115 cm³/mol. The molecule has 34 heavy (non-hydrogen) atoms. The summed E-state index contributed by atoms with van der Waals surface area (Å²) in [4.78, 5) is 53.5. The van der Waals surface area contributed by atoms with E-state index in [0.29, 0.717) is 12.0 Å². The predicted octanol–water partition coefficient (Wildman–Crippen LogP) is 1.66. The number of amides is 3. The average Bonchev–Trinajstić information content (AvgIpc) is 3.17. The van der Waals surface area contributed by atoms with Gasteiger partial charge < -0.3 is 20.1 Å². The van der Waals surface area contributed by atoms with Crippen LogP contribution in [0.4, 0.5) is 10.5 Å². The summed E-state index contributed by atoms with van der Waals surface area (Å²) in [6, 6.07) is 4.66. The molecule has 1 aromatic heterocycles. The first-order valence-electron chi connectivity index (χ1n) is 10.6. The van der Waals surface area contributed by atoms with Crippen molar-refractivity contribution < 1.29 is 28.8 Å². The van der Waals surface area contributed by atoms with Crippen LogP contribution < -0.4 is 20.7 Å². The van der Waals surface area contributed by atoms with Crippen molar-refractivity contribution in [2.24, 2.45) is 5.92 Å². The number of hydrogen-bond acceptors (Lipinski definition) is 10. The molecule has 1 aromatic carbocycles. The number of carbonyl (C=O) groups is 3. The summed E-state index contributed by atoms with van der Waals surface area (Å²) >= 11 is 0. The Morgan fingerprint density at radius 1 is 1.18 bits per heavy atom. The van der Waals surface area contributed by atoms with E-state index in [-0.39, 0.29) is 29.7 Å². The van der Waals surface area contributed by atoms with Gasteiger partial charge in [-0.3, -0.25) is 25.0 Å². The molecule has 4 rings (SSSR count). The SMILES string of the molecule is O=COC(CC1CCNCC1)c1ncnc(Oc2ccc(C3NC(=O)NC3=O)cc2)c1[N+](=O)[O-]. The number of rotatable bonds is 9. The van der Waals surface area contributed by atoms with E-state index in [2.05, 4.69) is 25.9 Å². The maximum atomic E-state index is 11.9. The molecule has 3 N–H and O–H groups in total. The summed E-state index contributed by atoms with van der Waals surface area (Å²) in [6.07, 6.45) is 2.30. The van der Waals surface area contributed by atoms with E-state index >= 15 is 0 Å². The van der Waals surface area contributed by atoms with E-state index in [1.165, 1.54) is 12.1 Å². The average molecular weight is 470 g/mol. The summed E-state index contributed by atoms with van der Waals surface area (Å²) in [5.41, 5.74) is -0.0209. The van der Waals surface area contributed by atoms with Gasteiger partial charge >= 0.3 is 17.6 Å². The van der Waals surface area contributed by atoms with E-state index in [1.807, 2.05) is 0 Å². The molecule has 0 bridgehead atoms. The number of benzene rings is 1. The summed E-state index contributed by atoms with van der Waals surface area (Å²) in [5.74, 6) is -0.359. The fourth-order valence-corrected chi connectivity index (χ4v) is 4.07. The number of carbonyl (C=O) groups excluding carboxylic acids is 3. The normalized spacial score (nSPS) is 19.1. The quantitative estimate of drug-likeness (QED) is 0.211. The molecule has 2 unspecified atom stereocenters. The number of nitro groups is 1. The van der Waals surface area contributed by atoms with Crippen molar-refractivity contribution in [3.63, 3.8) is 0 Å². The lowest BCUT2D eigenvalue weighted by Gasteiger charge is -2.25. The summed E-state index contributed by atoms with van der Waals surface area (Å²) in [5, 5.41) is 19.8. The van der Waals surface area contributed by atoms with Crippen LogP contribution in [0.5, 0.6) is 11.6 Å². The molecular weight excluding hydrogens is 448 g/mol. The molecule has 2 aliphatic heterocycles. The third-order valence-electron chi connectivity index (χ3n) is 5.73. The van der Waals surface area contributed by atoms with Gasteiger partial charge in [-0.1, -0.05) is 12.1 Å². The molecule has 3 heterocycles. The van der Waals surface area contributed by atoms with Gasteiger partial charge in [-0.2, -0.15) is 4.98 Å². The van der Waals surface area contributed by atoms with E-state index in [0.717, 1.165) is 32.3 Å². The zero-order chi connectivity index (χ0) is 24.1. The Kier molecular flexibility index (Phi) is 6.92. The zero-order valence-electron chi connectivity index (χ0n) is 17.9. The van der Waals surface area contributed by atoms with Crippen LogP contribution in [0.1, 0.15) is 42.7 Å². The second kappa shape index (κ2) is 10.2. The van der Waals surface area contributed by atoms with Crippen molar-refractivity contribution in [2.45, 2.75) is 31.4 Å². The highest BCUT2D eigenvalue weighted by Crippen LogP contribution is 2.38. The second-order valence-corrected chi connectivity index (χ2v) is 7.89. The Labute approximate surface area is 193 Å². The lowest BCUT2D eigenvalue weighted by atomic mass is 9.90. The van der Waals surface area contributed by atoms with Gasteiger partial charge in [0.05, 0.1) is 4.92 Å². The minimum atomic E-state index is -0.918. The number of imide groups is 1. The number of ether oxygens (including phenoxy) is 2. The monoisotopic (exact) mass is 470 g/mol. The second-order valence-electron chi connectivity index (χ2n) is 7.89. The molecule has 0 saturated carbocycles. The molecule has 178 valence electrons. The van der Waals surface area contributed by atoms with Crippen LogP contribution in [0.2, 0.25) is 0 Å². The van der Waals surface area contributed by atoms with Gasteiger partial charge in [0.25, 0.3) is 12.4 Å². The Balaban J connectivity index is 1.58. The van der Waals surface area contributed by atoms with Crippen molar-refractivity contribution in [3.8, 4) is 11.6 Å². The van der Waals surface area contributed by atoms with Crippen LogP contribution in [-0.2, 0) is 14.3 Å². The van der Waals surface area contributed by atoms with Crippen LogP contribution in [0.3, 0.4) is 0 Å². The van der Waals surface area contributed by atoms with Crippen LogP contribution >= 0.6 is 0 Å². The standard InChI is InChI=1S/C21H22N6O7/c28-11-33-15(9-12-5-7-22-8-6-12)17-18(27(31)32)20(24-10-23-17)34-14-3-1-13(2-4-14)16-19(29)26-21(30)25-16/h1-4,10-12,15-16,22H,5-9H2,(H2,25,26,29,30). The summed E-state index contributed by atoms with van der Waals surface area (Å²) < 4.78 is 10.9.